The number of ether oxygens (including phenoxy) is 1. The van der Waals surface area contributed by atoms with Gasteiger partial charge in [0.05, 0.1) is 17.3 Å². The second-order valence-corrected chi connectivity index (χ2v) is 6.58. The van der Waals surface area contributed by atoms with E-state index in [4.69, 9.17) is 10.00 Å². The molecule has 6 heteroatoms. The van der Waals surface area contributed by atoms with Gasteiger partial charge in [-0.15, -0.1) is 0 Å². The largest absolute Gasteiger partial charge is 0.487 e. The van der Waals surface area contributed by atoms with Crippen LogP contribution in [0.2, 0.25) is 0 Å². The van der Waals surface area contributed by atoms with Gasteiger partial charge < -0.3 is 15.0 Å². The first-order valence-electron chi connectivity index (χ1n) is 9.24. The van der Waals surface area contributed by atoms with Crippen molar-refractivity contribution < 1.29 is 9.53 Å². The zero-order chi connectivity index (χ0) is 20.5. The molecule has 2 amide bonds. The van der Waals surface area contributed by atoms with Crippen LogP contribution >= 0.6 is 0 Å². The van der Waals surface area contributed by atoms with Crippen LogP contribution in [0.15, 0.2) is 72.9 Å². The Kier molecular flexibility index (Phi) is 6.80. The molecule has 6 nitrogen and oxygen atoms in total. The van der Waals surface area contributed by atoms with E-state index in [1.807, 2.05) is 54.6 Å². The molecule has 3 rings (SSSR count). The topological polar surface area (TPSA) is 78.2 Å². The summed E-state index contributed by atoms with van der Waals surface area (Å²) in [5, 5.41) is 11.7. The Labute approximate surface area is 170 Å². The summed E-state index contributed by atoms with van der Waals surface area (Å²) >= 11 is 0. The zero-order valence-corrected chi connectivity index (χ0v) is 16.2. The predicted molar refractivity (Wildman–Crippen MR) is 110 cm³/mol. The van der Waals surface area contributed by atoms with E-state index in [0.717, 1.165) is 22.6 Å². The molecule has 146 valence electrons. The smallest absolute Gasteiger partial charge is 0.317 e. The monoisotopic (exact) mass is 386 g/mol. The van der Waals surface area contributed by atoms with Gasteiger partial charge in [-0.3, -0.25) is 4.98 Å². The Morgan fingerprint density at radius 1 is 1.07 bits per heavy atom. The molecule has 0 aliphatic rings. The zero-order valence-electron chi connectivity index (χ0n) is 16.2. The Hall–Kier alpha value is -3.85. The summed E-state index contributed by atoms with van der Waals surface area (Å²) in [5.74, 6) is 0.753. The Balaban J connectivity index is 1.44. The average Bonchev–Trinajstić information content (AvgIpc) is 2.78. The Bertz CT molecular complexity index is 965. The second-order valence-electron chi connectivity index (χ2n) is 6.58. The number of hydrogen-bond acceptors (Lipinski definition) is 4. The number of aromatic nitrogens is 1. The molecule has 29 heavy (non-hydrogen) atoms. The van der Waals surface area contributed by atoms with Crippen LogP contribution in [-0.2, 0) is 19.7 Å². The van der Waals surface area contributed by atoms with Gasteiger partial charge in [0.25, 0.3) is 0 Å². The highest BCUT2D eigenvalue weighted by atomic mass is 16.5. The third kappa shape index (κ3) is 6.08. The maximum Gasteiger partial charge on any atom is 0.317 e. The number of nitriles is 1. The molecule has 0 spiro atoms. The van der Waals surface area contributed by atoms with Gasteiger partial charge in [0.2, 0.25) is 0 Å². The van der Waals surface area contributed by atoms with Crippen LogP contribution in [0.3, 0.4) is 0 Å². The molecule has 0 saturated carbocycles. The summed E-state index contributed by atoms with van der Waals surface area (Å²) in [5.41, 5.74) is 3.42. The number of benzene rings is 2. The molecule has 2 aromatic carbocycles. The minimum Gasteiger partial charge on any atom is -0.487 e. The van der Waals surface area contributed by atoms with E-state index < -0.39 is 0 Å². The molecule has 0 aliphatic carbocycles. The van der Waals surface area contributed by atoms with Crippen molar-refractivity contribution in [3.63, 3.8) is 0 Å². The summed E-state index contributed by atoms with van der Waals surface area (Å²) in [6.45, 7) is 1.31. The normalized spacial score (nSPS) is 10.1. The first kappa shape index (κ1) is 19.9. The van der Waals surface area contributed by atoms with Gasteiger partial charge in [0, 0.05) is 26.3 Å². The van der Waals surface area contributed by atoms with Crippen LogP contribution in [0.5, 0.6) is 5.75 Å². The summed E-state index contributed by atoms with van der Waals surface area (Å²) in [4.78, 5) is 18.1. The van der Waals surface area contributed by atoms with E-state index in [1.54, 1.807) is 30.3 Å². The SMILES string of the molecule is CN(Cc1ccc(C#N)cc1)C(=O)NCc1ccc(OCc2ccccn2)cc1. The van der Waals surface area contributed by atoms with Crippen molar-refractivity contribution in [2.24, 2.45) is 0 Å². The number of urea groups is 1. The number of nitrogens with one attached hydrogen (secondary N) is 1. The summed E-state index contributed by atoms with van der Waals surface area (Å²) in [6.07, 6.45) is 1.74. The van der Waals surface area contributed by atoms with Crippen molar-refractivity contribution in [1.82, 2.24) is 15.2 Å². The standard InChI is InChI=1S/C23H22N4O2/c1-27(16-20-7-5-18(14-24)6-8-20)23(28)26-15-19-9-11-22(12-10-19)29-17-21-4-2-3-13-25-21/h2-13H,15-17H2,1H3,(H,26,28). The van der Waals surface area contributed by atoms with Gasteiger partial charge in [-0.25, -0.2) is 4.79 Å². The van der Waals surface area contributed by atoms with Crippen molar-refractivity contribution >= 4 is 6.03 Å². The predicted octanol–water partition coefficient (Wildman–Crippen LogP) is 3.87. The highest BCUT2D eigenvalue weighted by Crippen LogP contribution is 2.14. The van der Waals surface area contributed by atoms with E-state index in [9.17, 15) is 4.79 Å². The lowest BCUT2D eigenvalue weighted by atomic mass is 10.1. The molecule has 1 aromatic heterocycles. The summed E-state index contributed by atoms with van der Waals surface area (Å²) in [6, 6.07) is 22.4. The van der Waals surface area contributed by atoms with Crippen LogP contribution in [0, 0.1) is 11.3 Å². The van der Waals surface area contributed by atoms with Crippen LogP contribution in [0.4, 0.5) is 4.79 Å². The fourth-order valence-electron chi connectivity index (χ4n) is 2.69. The Morgan fingerprint density at radius 2 is 1.79 bits per heavy atom. The van der Waals surface area contributed by atoms with Crippen LogP contribution in [0.25, 0.3) is 0 Å². The summed E-state index contributed by atoms with van der Waals surface area (Å²) in [7, 11) is 1.74. The minimum atomic E-state index is -0.162. The Morgan fingerprint density at radius 3 is 2.45 bits per heavy atom. The molecule has 1 heterocycles. The molecule has 3 aromatic rings. The van der Waals surface area contributed by atoms with E-state index >= 15 is 0 Å². The van der Waals surface area contributed by atoms with Gasteiger partial charge in [-0.2, -0.15) is 5.26 Å². The third-order valence-corrected chi connectivity index (χ3v) is 4.33. The average molecular weight is 386 g/mol. The van der Waals surface area contributed by atoms with Gasteiger partial charge in [0.1, 0.15) is 12.4 Å². The number of hydrogen-bond donors (Lipinski definition) is 1. The lowest BCUT2D eigenvalue weighted by Gasteiger charge is -2.18. The lowest BCUT2D eigenvalue weighted by molar-refractivity contribution is 0.206. The maximum atomic E-state index is 12.3. The molecule has 0 unspecified atom stereocenters. The number of carbonyl (C=O) groups excluding carboxylic acids is 1. The minimum absolute atomic E-state index is 0.162. The number of pyridine rings is 1. The molecule has 0 atom stereocenters. The first-order valence-corrected chi connectivity index (χ1v) is 9.24. The van der Waals surface area contributed by atoms with Crippen molar-refractivity contribution in [2.45, 2.75) is 19.7 Å². The van der Waals surface area contributed by atoms with E-state index in [-0.39, 0.29) is 6.03 Å². The number of nitrogens with zero attached hydrogens (tertiary/aromatic N) is 3. The third-order valence-electron chi connectivity index (χ3n) is 4.33. The second kappa shape index (κ2) is 9.90. The summed E-state index contributed by atoms with van der Waals surface area (Å²) < 4.78 is 5.72. The fourth-order valence-corrected chi connectivity index (χ4v) is 2.69. The van der Waals surface area contributed by atoms with Crippen molar-refractivity contribution in [3.05, 3.63) is 95.3 Å². The van der Waals surface area contributed by atoms with Gasteiger partial charge >= 0.3 is 6.03 Å². The molecule has 0 bridgehead atoms. The van der Waals surface area contributed by atoms with E-state index in [2.05, 4.69) is 16.4 Å². The van der Waals surface area contributed by atoms with E-state index in [1.165, 1.54) is 0 Å². The molecular weight excluding hydrogens is 364 g/mol. The van der Waals surface area contributed by atoms with Gasteiger partial charge in [-0.1, -0.05) is 30.3 Å². The van der Waals surface area contributed by atoms with Crippen molar-refractivity contribution in [3.8, 4) is 11.8 Å². The van der Waals surface area contributed by atoms with Crippen molar-refractivity contribution in [1.29, 1.82) is 5.26 Å². The number of rotatable bonds is 7. The first-order chi connectivity index (χ1) is 14.1. The molecule has 0 saturated heterocycles. The molecule has 0 aliphatic heterocycles. The van der Waals surface area contributed by atoms with Crippen LogP contribution in [-0.4, -0.2) is 23.0 Å². The maximum absolute atomic E-state index is 12.3. The van der Waals surface area contributed by atoms with Crippen LogP contribution in [0.1, 0.15) is 22.4 Å². The lowest BCUT2D eigenvalue weighted by Crippen LogP contribution is -2.36. The number of carbonyl (C=O) groups is 1. The highest BCUT2D eigenvalue weighted by molar-refractivity contribution is 5.73. The van der Waals surface area contributed by atoms with Gasteiger partial charge in [0.15, 0.2) is 0 Å². The number of amides is 2. The van der Waals surface area contributed by atoms with Crippen molar-refractivity contribution in [2.75, 3.05) is 7.05 Å². The molecule has 0 fully saturated rings. The van der Waals surface area contributed by atoms with E-state index in [0.29, 0.717) is 25.3 Å². The fraction of sp³-hybridized carbons (Fsp3) is 0.174. The highest BCUT2D eigenvalue weighted by Gasteiger charge is 2.09. The van der Waals surface area contributed by atoms with Gasteiger partial charge in [-0.05, 0) is 47.5 Å². The molecule has 0 radical (unpaired) electrons. The molecule has 1 N–H and O–H groups in total. The van der Waals surface area contributed by atoms with Crippen LogP contribution < -0.4 is 10.1 Å². The quantitative estimate of drug-likeness (QED) is 0.668. The molecular formula is C23H22N4O2.